The molecule has 1 aromatic rings. The second kappa shape index (κ2) is 5.08. The van der Waals surface area contributed by atoms with E-state index in [1.165, 1.54) is 0 Å². The number of piperidine rings is 1. The van der Waals surface area contributed by atoms with Crippen molar-refractivity contribution in [2.24, 2.45) is 11.7 Å². The molecule has 1 saturated heterocycles. The molecule has 2 amide bonds. The van der Waals surface area contributed by atoms with Gasteiger partial charge in [-0.1, -0.05) is 0 Å². The molecule has 4 N–H and O–H groups in total. The zero-order valence-corrected chi connectivity index (χ0v) is 10.1. The maximum absolute atomic E-state index is 12.2. The molecule has 1 aliphatic heterocycles. The minimum Gasteiger partial charge on any atom is -0.399 e. The largest absolute Gasteiger partial charge is 0.399 e. The Hall–Kier alpha value is -2.04. The minimum atomic E-state index is -0.329. The minimum absolute atomic E-state index is 0.0686. The molecule has 0 spiro atoms. The molecule has 1 heterocycles. The fourth-order valence-corrected chi connectivity index (χ4v) is 2.20. The van der Waals surface area contributed by atoms with Crippen LogP contribution < -0.4 is 11.5 Å². The Kier molecular flexibility index (Phi) is 3.50. The fourth-order valence-electron chi connectivity index (χ4n) is 2.20. The number of carbonyl (C=O) groups excluding carboxylic acids is 2. The van der Waals surface area contributed by atoms with Crippen molar-refractivity contribution >= 4 is 17.5 Å². The van der Waals surface area contributed by atoms with Crippen molar-refractivity contribution in [2.45, 2.75) is 12.8 Å². The lowest BCUT2D eigenvalue weighted by atomic mass is 9.97. The number of carbonyl (C=O) groups is 2. The second-order valence-corrected chi connectivity index (χ2v) is 4.61. The predicted molar refractivity (Wildman–Crippen MR) is 68.7 cm³/mol. The number of benzene rings is 1. The van der Waals surface area contributed by atoms with Gasteiger partial charge in [-0.3, -0.25) is 9.59 Å². The molecule has 0 saturated carbocycles. The van der Waals surface area contributed by atoms with Crippen molar-refractivity contribution < 1.29 is 9.59 Å². The van der Waals surface area contributed by atoms with Gasteiger partial charge in [-0.15, -0.1) is 0 Å². The van der Waals surface area contributed by atoms with E-state index in [1.807, 2.05) is 0 Å². The normalized spacial score (nSPS) is 19.6. The van der Waals surface area contributed by atoms with Crippen LogP contribution >= 0.6 is 0 Å². The van der Waals surface area contributed by atoms with E-state index in [1.54, 1.807) is 29.2 Å². The first kappa shape index (κ1) is 12.4. The van der Waals surface area contributed by atoms with E-state index in [4.69, 9.17) is 11.5 Å². The summed E-state index contributed by atoms with van der Waals surface area (Å²) in [5.41, 5.74) is 12.1. The summed E-state index contributed by atoms with van der Waals surface area (Å²) in [7, 11) is 0. The van der Waals surface area contributed by atoms with Gasteiger partial charge in [0.1, 0.15) is 0 Å². The molecule has 96 valence electrons. The third-order valence-corrected chi connectivity index (χ3v) is 3.27. The summed E-state index contributed by atoms with van der Waals surface area (Å²) in [6.45, 7) is 1.09. The summed E-state index contributed by atoms with van der Waals surface area (Å²) < 4.78 is 0. The van der Waals surface area contributed by atoms with Gasteiger partial charge in [0.2, 0.25) is 5.91 Å². The molecular weight excluding hydrogens is 230 g/mol. The number of rotatable bonds is 2. The molecule has 0 radical (unpaired) electrons. The molecule has 2 rings (SSSR count). The molecule has 18 heavy (non-hydrogen) atoms. The van der Waals surface area contributed by atoms with Crippen LogP contribution in [-0.4, -0.2) is 29.8 Å². The van der Waals surface area contributed by atoms with Crippen LogP contribution in [0.25, 0.3) is 0 Å². The first-order valence-electron chi connectivity index (χ1n) is 6.02. The number of hydrogen-bond acceptors (Lipinski definition) is 3. The zero-order valence-electron chi connectivity index (χ0n) is 10.1. The van der Waals surface area contributed by atoms with E-state index in [0.717, 1.165) is 12.8 Å². The Morgan fingerprint density at radius 1 is 1.22 bits per heavy atom. The van der Waals surface area contributed by atoms with Crippen molar-refractivity contribution in [1.82, 2.24) is 4.90 Å². The van der Waals surface area contributed by atoms with Crippen LogP contribution in [0.2, 0.25) is 0 Å². The lowest BCUT2D eigenvalue weighted by Gasteiger charge is -2.31. The summed E-state index contributed by atoms with van der Waals surface area (Å²) in [5, 5.41) is 0. The van der Waals surface area contributed by atoms with Gasteiger partial charge in [0.15, 0.2) is 0 Å². The van der Waals surface area contributed by atoms with Gasteiger partial charge in [-0.2, -0.15) is 0 Å². The summed E-state index contributed by atoms with van der Waals surface area (Å²) in [6, 6.07) is 6.79. The van der Waals surface area contributed by atoms with E-state index >= 15 is 0 Å². The standard InChI is InChI=1S/C13H17N3O2/c14-11-5-3-9(4-6-11)13(18)16-7-1-2-10(8-16)12(15)17/h3-6,10H,1-2,7-8,14H2,(H2,15,17). The number of primary amides is 1. The summed E-state index contributed by atoms with van der Waals surface area (Å²) in [4.78, 5) is 25.1. The van der Waals surface area contributed by atoms with Crippen LogP contribution in [0.4, 0.5) is 5.69 Å². The average molecular weight is 247 g/mol. The van der Waals surface area contributed by atoms with Crippen molar-refractivity contribution in [3.05, 3.63) is 29.8 Å². The molecule has 5 heteroatoms. The molecule has 1 unspecified atom stereocenters. The van der Waals surface area contributed by atoms with Crippen LogP contribution in [0, 0.1) is 5.92 Å². The molecule has 5 nitrogen and oxygen atoms in total. The molecule has 0 bridgehead atoms. The predicted octanol–water partition coefficient (Wildman–Crippen LogP) is 0.606. The van der Waals surface area contributed by atoms with E-state index in [0.29, 0.717) is 24.3 Å². The second-order valence-electron chi connectivity index (χ2n) is 4.61. The average Bonchev–Trinajstić information content (AvgIpc) is 2.39. The quantitative estimate of drug-likeness (QED) is 0.750. The lowest BCUT2D eigenvalue weighted by Crippen LogP contribution is -2.44. The van der Waals surface area contributed by atoms with Crippen LogP contribution in [0.1, 0.15) is 23.2 Å². The Bertz CT molecular complexity index is 456. The Morgan fingerprint density at radius 2 is 1.89 bits per heavy atom. The number of anilines is 1. The van der Waals surface area contributed by atoms with Crippen LogP contribution in [0.15, 0.2) is 24.3 Å². The maximum Gasteiger partial charge on any atom is 0.253 e. The van der Waals surface area contributed by atoms with Crippen molar-refractivity contribution in [3.63, 3.8) is 0 Å². The van der Waals surface area contributed by atoms with Crippen molar-refractivity contribution in [2.75, 3.05) is 18.8 Å². The number of amides is 2. The Morgan fingerprint density at radius 3 is 2.50 bits per heavy atom. The van der Waals surface area contributed by atoms with E-state index < -0.39 is 0 Å². The third-order valence-electron chi connectivity index (χ3n) is 3.27. The molecule has 0 aliphatic carbocycles. The molecule has 1 aliphatic rings. The number of nitrogen functional groups attached to an aromatic ring is 1. The van der Waals surface area contributed by atoms with Gasteiger partial charge < -0.3 is 16.4 Å². The van der Waals surface area contributed by atoms with Gasteiger partial charge in [-0.05, 0) is 37.1 Å². The third kappa shape index (κ3) is 2.61. The SMILES string of the molecule is NC(=O)C1CCCN(C(=O)c2ccc(N)cc2)C1. The summed E-state index contributed by atoms with van der Waals surface area (Å²) in [6.07, 6.45) is 1.58. The number of hydrogen-bond donors (Lipinski definition) is 2. The molecular formula is C13H17N3O2. The molecule has 1 fully saturated rings. The van der Waals surface area contributed by atoms with E-state index in [9.17, 15) is 9.59 Å². The summed E-state index contributed by atoms with van der Waals surface area (Å²) in [5.74, 6) is -0.623. The van der Waals surface area contributed by atoms with E-state index in [2.05, 4.69) is 0 Å². The van der Waals surface area contributed by atoms with Gasteiger partial charge in [0.25, 0.3) is 5.91 Å². The molecule has 0 aromatic heterocycles. The number of nitrogens with zero attached hydrogens (tertiary/aromatic N) is 1. The first-order valence-corrected chi connectivity index (χ1v) is 6.02. The smallest absolute Gasteiger partial charge is 0.253 e. The topological polar surface area (TPSA) is 89.4 Å². The lowest BCUT2D eigenvalue weighted by molar-refractivity contribution is -0.123. The monoisotopic (exact) mass is 247 g/mol. The highest BCUT2D eigenvalue weighted by Crippen LogP contribution is 2.18. The fraction of sp³-hybridized carbons (Fsp3) is 0.385. The number of nitrogens with two attached hydrogens (primary N) is 2. The maximum atomic E-state index is 12.2. The van der Waals surface area contributed by atoms with Crippen molar-refractivity contribution in [1.29, 1.82) is 0 Å². The highest BCUT2D eigenvalue weighted by atomic mass is 16.2. The highest BCUT2D eigenvalue weighted by Gasteiger charge is 2.27. The Balaban J connectivity index is 2.09. The molecule has 1 atom stereocenters. The van der Waals surface area contributed by atoms with E-state index in [-0.39, 0.29) is 17.7 Å². The highest BCUT2D eigenvalue weighted by molar-refractivity contribution is 5.95. The molecule has 1 aromatic carbocycles. The van der Waals surface area contributed by atoms with Gasteiger partial charge >= 0.3 is 0 Å². The Labute approximate surface area is 106 Å². The van der Waals surface area contributed by atoms with Crippen LogP contribution in [0.5, 0.6) is 0 Å². The van der Waals surface area contributed by atoms with Crippen molar-refractivity contribution in [3.8, 4) is 0 Å². The van der Waals surface area contributed by atoms with Gasteiger partial charge in [-0.25, -0.2) is 0 Å². The zero-order chi connectivity index (χ0) is 13.1. The van der Waals surface area contributed by atoms with Gasteiger partial charge in [0.05, 0.1) is 5.92 Å². The summed E-state index contributed by atoms with van der Waals surface area (Å²) >= 11 is 0. The van der Waals surface area contributed by atoms with Crippen LogP contribution in [-0.2, 0) is 4.79 Å². The first-order chi connectivity index (χ1) is 8.58. The van der Waals surface area contributed by atoms with Crippen LogP contribution in [0.3, 0.4) is 0 Å². The van der Waals surface area contributed by atoms with Gasteiger partial charge in [0, 0.05) is 24.3 Å². The number of likely N-dealkylation sites (tertiary alicyclic amines) is 1.